The molecule has 140 valence electrons. The summed E-state index contributed by atoms with van der Waals surface area (Å²) in [6.45, 7) is 2.48. The minimum Gasteiger partial charge on any atom is -0.375 e. The van der Waals surface area contributed by atoms with E-state index in [4.69, 9.17) is 4.74 Å². The van der Waals surface area contributed by atoms with Crippen LogP contribution in [0.2, 0.25) is 0 Å². The lowest BCUT2D eigenvalue weighted by atomic mass is 9.97. The first-order valence-electron chi connectivity index (χ1n) is 9.39. The normalized spacial score (nSPS) is 21.5. The number of nitrogens with zero attached hydrogens (tertiary/aromatic N) is 1. The van der Waals surface area contributed by atoms with Crippen LogP contribution in [0.25, 0.3) is 0 Å². The highest BCUT2D eigenvalue weighted by molar-refractivity contribution is 9.10. The Balaban J connectivity index is 1.42. The number of hydrogen-bond donors (Lipinski definition) is 0. The Kier molecular flexibility index (Phi) is 6.94. The molecule has 0 atom stereocenters. The molecular weight excluding hydrogens is 402 g/mol. The molecule has 0 aromatic heterocycles. The van der Waals surface area contributed by atoms with Crippen molar-refractivity contribution in [2.45, 2.75) is 62.0 Å². The van der Waals surface area contributed by atoms with Gasteiger partial charge in [0.25, 0.3) is 0 Å². The van der Waals surface area contributed by atoms with E-state index in [-0.39, 0.29) is 5.75 Å². The van der Waals surface area contributed by atoms with Crippen LogP contribution in [0, 0.1) is 0 Å². The van der Waals surface area contributed by atoms with Gasteiger partial charge in [0.2, 0.25) is 0 Å². The first-order chi connectivity index (χ1) is 12.0. The van der Waals surface area contributed by atoms with Crippen molar-refractivity contribution in [1.82, 2.24) is 4.90 Å². The summed E-state index contributed by atoms with van der Waals surface area (Å²) < 4.78 is 32.0. The van der Waals surface area contributed by atoms with E-state index in [1.165, 1.54) is 32.1 Å². The van der Waals surface area contributed by atoms with Gasteiger partial charge >= 0.3 is 0 Å². The molecule has 6 heteroatoms. The number of piperidine rings is 1. The Labute approximate surface area is 160 Å². The summed E-state index contributed by atoms with van der Waals surface area (Å²) in [6, 6.07) is 6.90. The van der Waals surface area contributed by atoms with E-state index in [2.05, 4.69) is 20.8 Å². The fourth-order valence-electron chi connectivity index (χ4n) is 3.75. The minimum absolute atomic E-state index is 0.183. The third kappa shape index (κ3) is 5.78. The van der Waals surface area contributed by atoms with Crippen molar-refractivity contribution < 1.29 is 13.2 Å². The molecule has 2 aliphatic rings. The van der Waals surface area contributed by atoms with Gasteiger partial charge in [-0.1, -0.05) is 35.2 Å². The Hall–Kier alpha value is -0.430. The van der Waals surface area contributed by atoms with E-state index < -0.39 is 9.84 Å². The third-order valence-corrected chi connectivity index (χ3v) is 7.56. The molecule has 2 fully saturated rings. The molecule has 0 radical (unpaired) electrons. The number of rotatable bonds is 6. The van der Waals surface area contributed by atoms with Gasteiger partial charge in [-0.25, -0.2) is 8.42 Å². The van der Waals surface area contributed by atoms with Gasteiger partial charge in [0.1, 0.15) is 0 Å². The average molecular weight is 430 g/mol. The second kappa shape index (κ2) is 8.98. The molecule has 0 N–H and O–H groups in total. The lowest BCUT2D eigenvalue weighted by Crippen LogP contribution is -2.40. The first kappa shape index (κ1) is 19.3. The summed E-state index contributed by atoms with van der Waals surface area (Å²) in [5.74, 6) is 0.183. The number of sulfone groups is 1. The van der Waals surface area contributed by atoms with Crippen molar-refractivity contribution in [1.29, 1.82) is 0 Å². The average Bonchev–Trinajstić information content (AvgIpc) is 2.62. The molecule has 0 unspecified atom stereocenters. The van der Waals surface area contributed by atoms with Gasteiger partial charge in [0, 0.05) is 24.1 Å². The molecule has 1 saturated carbocycles. The number of halogens is 1. The van der Waals surface area contributed by atoms with Crippen molar-refractivity contribution in [3.8, 4) is 0 Å². The molecular formula is C19H28BrNO3S. The molecule has 3 rings (SSSR count). The summed E-state index contributed by atoms with van der Waals surface area (Å²) in [5.41, 5.74) is 0. The highest BCUT2D eigenvalue weighted by atomic mass is 79.9. The molecule has 1 saturated heterocycles. The Morgan fingerprint density at radius 1 is 0.960 bits per heavy atom. The molecule has 4 nitrogen and oxygen atoms in total. The summed E-state index contributed by atoms with van der Waals surface area (Å²) in [4.78, 5) is 2.67. The van der Waals surface area contributed by atoms with Crippen molar-refractivity contribution in [2.75, 3.05) is 25.4 Å². The van der Waals surface area contributed by atoms with Gasteiger partial charge < -0.3 is 9.64 Å². The number of likely N-dealkylation sites (tertiary alicyclic amines) is 1. The second-order valence-corrected chi connectivity index (χ2v) is 10.2. The van der Waals surface area contributed by atoms with E-state index in [1.54, 1.807) is 24.3 Å². The Morgan fingerprint density at radius 3 is 2.20 bits per heavy atom. The van der Waals surface area contributed by atoms with Gasteiger partial charge in [-0.15, -0.1) is 0 Å². The summed E-state index contributed by atoms with van der Waals surface area (Å²) >= 11 is 3.34. The molecule has 1 aliphatic heterocycles. The zero-order chi connectivity index (χ0) is 17.7. The topological polar surface area (TPSA) is 46.6 Å². The van der Waals surface area contributed by atoms with E-state index in [1.807, 2.05) is 0 Å². The van der Waals surface area contributed by atoms with Crippen LogP contribution < -0.4 is 0 Å². The SMILES string of the molecule is O=S(=O)(CCN1CCC(OC2CCCCC2)CC1)c1ccc(Br)cc1. The maximum atomic E-state index is 12.4. The maximum absolute atomic E-state index is 12.4. The van der Waals surface area contributed by atoms with Crippen molar-refractivity contribution in [2.24, 2.45) is 0 Å². The van der Waals surface area contributed by atoms with Crippen LogP contribution in [0.4, 0.5) is 0 Å². The van der Waals surface area contributed by atoms with Crippen molar-refractivity contribution >= 4 is 25.8 Å². The number of hydrogen-bond acceptors (Lipinski definition) is 4. The van der Waals surface area contributed by atoms with E-state index in [0.717, 1.165) is 30.4 Å². The van der Waals surface area contributed by atoms with E-state index in [9.17, 15) is 8.42 Å². The monoisotopic (exact) mass is 429 g/mol. The van der Waals surface area contributed by atoms with E-state index in [0.29, 0.717) is 23.6 Å². The summed E-state index contributed by atoms with van der Waals surface area (Å²) in [5, 5.41) is 0. The lowest BCUT2D eigenvalue weighted by Gasteiger charge is -2.34. The number of benzene rings is 1. The Morgan fingerprint density at radius 2 is 1.56 bits per heavy atom. The molecule has 0 amide bonds. The maximum Gasteiger partial charge on any atom is 0.179 e. The smallest absolute Gasteiger partial charge is 0.179 e. The largest absolute Gasteiger partial charge is 0.375 e. The molecule has 0 spiro atoms. The first-order valence-corrected chi connectivity index (χ1v) is 11.8. The van der Waals surface area contributed by atoms with Crippen LogP contribution >= 0.6 is 15.9 Å². The molecule has 1 heterocycles. The molecule has 0 bridgehead atoms. The van der Waals surface area contributed by atoms with Crippen molar-refractivity contribution in [3.63, 3.8) is 0 Å². The standard InChI is InChI=1S/C19H28BrNO3S/c20-16-6-8-19(9-7-16)25(22,23)15-14-21-12-10-18(11-13-21)24-17-4-2-1-3-5-17/h6-9,17-18H,1-5,10-15H2. The molecule has 1 aromatic rings. The quantitative estimate of drug-likeness (QED) is 0.684. The van der Waals surface area contributed by atoms with E-state index >= 15 is 0 Å². The fraction of sp³-hybridized carbons (Fsp3) is 0.684. The van der Waals surface area contributed by atoms with Crippen LogP contribution in [0.3, 0.4) is 0 Å². The highest BCUT2D eigenvalue weighted by Crippen LogP contribution is 2.25. The predicted octanol–water partition coefficient (Wildman–Crippen LogP) is 4.04. The predicted molar refractivity (Wildman–Crippen MR) is 104 cm³/mol. The Bertz CT molecular complexity index is 633. The zero-order valence-electron chi connectivity index (χ0n) is 14.7. The zero-order valence-corrected chi connectivity index (χ0v) is 17.1. The third-order valence-electron chi connectivity index (χ3n) is 5.32. The fourth-order valence-corrected chi connectivity index (χ4v) is 5.30. The number of ether oxygens (including phenoxy) is 1. The van der Waals surface area contributed by atoms with Crippen LogP contribution in [0.15, 0.2) is 33.6 Å². The lowest BCUT2D eigenvalue weighted by molar-refractivity contribution is -0.0551. The van der Waals surface area contributed by atoms with Gasteiger partial charge in [0.15, 0.2) is 9.84 Å². The summed E-state index contributed by atoms with van der Waals surface area (Å²) in [6.07, 6.45) is 9.26. The van der Waals surface area contributed by atoms with Gasteiger partial charge in [-0.05, 0) is 49.9 Å². The van der Waals surface area contributed by atoms with Crippen LogP contribution in [-0.4, -0.2) is 50.9 Å². The summed E-state index contributed by atoms with van der Waals surface area (Å²) in [7, 11) is -3.21. The van der Waals surface area contributed by atoms with Crippen LogP contribution in [0.1, 0.15) is 44.9 Å². The molecule has 1 aliphatic carbocycles. The van der Waals surface area contributed by atoms with Crippen LogP contribution in [0.5, 0.6) is 0 Å². The van der Waals surface area contributed by atoms with Crippen molar-refractivity contribution in [3.05, 3.63) is 28.7 Å². The van der Waals surface area contributed by atoms with Crippen LogP contribution in [-0.2, 0) is 14.6 Å². The van der Waals surface area contributed by atoms with Gasteiger partial charge in [-0.2, -0.15) is 0 Å². The minimum atomic E-state index is -3.21. The molecule has 25 heavy (non-hydrogen) atoms. The molecule has 1 aromatic carbocycles. The highest BCUT2D eigenvalue weighted by Gasteiger charge is 2.25. The van der Waals surface area contributed by atoms with Gasteiger partial charge in [0.05, 0.1) is 22.9 Å². The van der Waals surface area contributed by atoms with Gasteiger partial charge in [-0.3, -0.25) is 0 Å². The second-order valence-electron chi connectivity index (χ2n) is 7.21.